The molecule has 0 bridgehead atoms. The van der Waals surface area contributed by atoms with Gasteiger partial charge in [0.05, 0.1) is 0 Å². The minimum Gasteiger partial charge on any atom is -0.507 e. The van der Waals surface area contributed by atoms with Gasteiger partial charge in [-0.05, 0) is 51.2 Å². The number of benzene rings is 1. The molecule has 0 saturated heterocycles. The van der Waals surface area contributed by atoms with Gasteiger partial charge in [0.15, 0.2) is 0 Å². The molecule has 2 atom stereocenters. The molecule has 0 amide bonds. The van der Waals surface area contributed by atoms with Crippen molar-refractivity contribution in [1.29, 1.82) is 0 Å². The van der Waals surface area contributed by atoms with Crippen molar-refractivity contribution >= 4 is 5.97 Å². The third kappa shape index (κ3) is 3.14. The van der Waals surface area contributed by atoms with E-state index in [1.807, 2.05) is 6.07 Å². The molecule has 0 aromatic heterocycles. The molecular formula is C21H28O4. The zero-order chi connectivity index (χ0) is 18.2. The van der Waals surface area contributed by atoms with E-state index in [1.54, 1.807) is 0 Å². The third-order valence-corrected chi connectivity index (χ3v) is 5.67. The average molecular weight is 344 g/mol. The van der Waals surface area contributed by atoms with Crippen LogP contribution in [0.3, 0.4) is 0 Å². The van der Waals surface area contributed by atoms with E-state index in [0.29, 0.717) is 23.3 Å². The van der Waals surface area contributed by atoms with Gasteiger partial charge in [-0.25, -0.2) is 4.79 Å². The molecule has 1 aromatic carbocycles. The first-order chi connectivity index (χ1) is 11.9. The number of aromatic carboxylic acids is 1. The van der Waals surface area contributed by atoms with Crippen LogP contribution in [0.25, 0.3) is 0 Å². The fourth-order valence-electron chi connectivity index (χ4n) is 4.39. The summed E-state index contributed by atoms with van der Waals surface area (Å²) in [5.74, 6) is -0.271. The Morgan fingerprint density at radius 1 is 1.36 bits per heavy atom. The largest absolute Gasteiger partial charge is 0.507 e. The summed E-state index contributed by atoms with van der Waals surface area (Å²) < 4.78 is 6.26. The third-order valence-electron chi connectivity index (χ3n) is 5.67. The van der Waals surface area contributed by atoms with Crippen LogP contribution in [0.1, 0.15) is 80.3 Å². The van der Waals surface area contributed by atoms with Crippen molar-refractivity contribution < 1.29 is 19.7 Å². The number of aromatic hydroxyl groups is 1. The first-order valence-corrected chi connectivity index (χ1v) is 9.34. The lowest BCUT2D eigenvalue weighted by atomic mass is 9.69. The zero-order valence-electron chi connectivity index (χ0n) is 15.3. The molecule has 3 rings (SSSR count). The summed E-state index contributed by atoms with van der Waals surface area (Å²) >= 11 is 0. The predicted molar refractivity (Wildman–Crippen MR) is 97.6 cm³/mol. The number of hydrogen-bond donors (Lipinski definition) is 2. The molecule has 1 aliphatic carbocycles. The van der Waals surface area contributed by atoms with Gasteiger partial charge in [0.1, 0.15) is 22.7 Å². The van der Waals surface area contributed by atoms with E-state index in [2.05, 4.69) is 32.9 Å². The summed E-state index contributed by atoms with van der Waals surface area (Å²) in [5, 5.41) is 20.5. The van der Waals surface area contributed by atoms with Crippen LogP contribution in [0.15, 0.2) is 18.2 Å². The summed E-state index contributed by atoms with van der Waals surface area (Å²) in [6.45, 7) is 6.29. The summed E-state index contributed by atoms with van der Waals surface area (Å²) in [5.41, 5.74) is 1.04. The molecule has 1 aliphatic heterocycles. The highest BCUT2D eigenvalue weighted by atomic mass is 16.5. The summed E-state index contributed by atoms with van der Waals surface area (Å²) in [7, 11) is 0. The number of allylic oxidation sites excluding steroid dienone is 2. The lowest BCUT2D eigenvalue weighted by Gasteiger charge is -2.46. The molecule has 4 heteroatoms. The number of phenols is 1. The SMILES string of the molecule is CCCCCc1cc2c(c(O)c1C(=O)O)[C@@H]1C=CCC[C@H]1C(C)(C)O2. The van der Waals surface area contributed by atoms with E-state index >= 15 is 0 Å². The Kier molecular flexibility index (Phi) is 4.81. The van der Waals surface area contributed by atoms with E-state index < -0.39 is 5.97 Å². The normalized spacial score (nSPS) is 23.5. The molecule has 0 radical (unpaired) electrons. The number of unbranched alkanes of at least 4 members (excludes halogenated alkanes) is 2. The van der Waals surface area contributed by atoms with Gasteiger partial charge in [0.2, 0.25) is 0 Å². The lowest BCUT2D eigenvalue weighted by Crippen LogP contribution is -2.45. The lowest BCUT2D eigenvalue weighted by molar-refractivity contribution is 0.0114. The van der Waals surface area contributed by atoms with Gasteiger partial charge in [-0.15, -0.1) is 0 Å². The molecule has 4 nitrogen and oxygen atoms in total. The maximum Gasteiger partial charge on any atom is 0.339 e. The molecule has 2 N–H and O–H groups in total. The van der Waals surface area contributed by atoms with Crippen LogP contribution in [0.5, 0.6) is 11.5 Å². The molecule has 1 aromatic rings. The number of hydrogen-bond acceptors (Lipinski definition) is 3. The van der Waals surface area contributed by atoms with Crippen molar-refractivity contribution in [3.05, 3.63) is 34.9 Å². The number of fused-ring (bicyclic) bond motifs is 3. The molecule has 1 heterocycles. The molecule has 0 fully saturated rings. The Labute approximate surface area is 149 Å². The van der Waals surface area contributed by atoms with E-state index in [0.717, 1.165) is 32.1 Å². The topological polar surface area (TPSA) is 66.8 Å². The van der Waals surface area contributed by atoms with E-state index in [9.17, 15) is 15.0 Å². The predicted octanol–water partition coefficient (Wildman–Crippen LogP) is 5.04. The summed E-state index contributed by atoms with van der Waals surface area (Å²) in [6.07, 6.45) is 9.86. The van der Waals surface area contributed by atoms with E-state index in [4.69, 9.17) is 4.74 Å². The molecule has 25 heavy (non-hydrogen) atoms. The number of carboxylic acid groups (broad SMARTS) is 1. The van der Waals surface area contributed by atoms with Crippen LogP contribution in [0, 0.1) is 5.92 Å². The van der Waals surface area contributed by atoms with Crippen molar-refractivity contribution in [1.82, 2.24) is 0 Å². The van der Waals surface area contributed by atoms with Crippen molar-refractivity contribution in [3.63, 3.8) is 0 Å². The van der Waals surface area contributed by atoms with Crippen LogP contribution < -0.4 is 4.74 Å². The van der Waals surface area contributed by atoms with Gasteiger partial charge >= 0.3 is 5.97 Å². The second-order valence-corrected chi connectivity index (χ2v) is 7.78. The molecule has 0 saturated carbocycles. The van der Waals surface area contributed by atoms with Crippen molar-refractivity contribution in [3.8, 4) is 11.5 Å². The molecular weight excluding hydrogens is 316 g/mol. The maximum absolute atomic E-state index is 11.8. The second kappa shape index (κ2) is 6.74. The smallest absolute Gasteiger partial charge is 0.339 e. The Morgan fingerprint density at radius 3 is 2.80 bits per heavy atom. The highest BCUT2D eigenvalue weighted by Gasteiger charge is 2.45. The minimum absolute atomic E-state index is 0.00953. The van der Waals surface area contributed by atoms with Crippen LogP contribution >= 0.6 is 0 Å². The molecule has 0 spiro atoms. The molecule has 0 unspecified atom stereocenters. The fraction of sp³-hybridized carbons (Fsp3) is 0.571. The standard InChI is InChI=1S/C21H28O4/c1-4-5-6-9-13-12-16-18(19(22)17(13)20(23)24)14-10-7-8-11-15(14)21(2,3)25-16/h7,10,12,14-15,22H,4-6,8-9,11H2,1-3H3,(H,23,24)/t14-,15-/m1/s1. The Bertz CT molecular complexity index is 702. The first kappa shape index (κ1) is 17.8. The summed E-state index contributed by atoms with van der Waals surface area (Å²) in [6, 6.07) is 1.86. The number of aryl methyl sites for hydroxylation is 1. The van der Waals surface area contributed by atoms with Gasteiger partial charge in [-0.2, -0.15) is 0 Å². The van der Waals surface area contributed by atoms with Crippen LogP contribution in [0.4, 0.5) is 0 Å². The monoisotopic (exact) mass is 344 g/mol. The van der Waals surface area contributed by atoms with Gasteiger partial charge in [0.25, 0.3) is 0 Å². The quantitative estimate of drug-likeness (QED) is 0.580. The van der Waals surface area contributed by atoms with E-state index in [-0.39, 0.29) is 28.7 Å². The highest BCUT2D eigenvalue weighted by molar-refractivity contribution is 5.94. The van der Waals surface area contributed by atoms with Crippen molar-refractivity contribution in [2.24, 2.45) is 5.92 Å². The Hall–Kier alpha value is -1.97. The second-order valence-electron chi connectivity index (χ2n) is 7.78. The highest BCUT2D eigenvalue weighted by Crippen LogP contribution is 2.53. The van der Waals surface area contributed by atoms with Crippen LogP contribution in [0.2, 0.25) is 0 Å². The zero-order valence-corrected chi connectivity index (χ0v) is 15.3. The molecule has 2 aliphatic rings. The number of ether oxygens (including phenoxy) is 1. The Balaban J connectivity index is 2.13. The van der Waals surface area contributed by atoms with E-state index in [1.165, 1.54) is 0 Å². The first-order valence-electron chi connectivity index (χ1n) is 9.34. The van der Waals surface area contributed by atoms with Gasteiger partial charge in [-0.3, -0.25) is 0 Å². The van der Waals surface area contributed by atoms with Crippen LogP contribution in [-0.2, 0) is 6.42 Å². The van der Waals surface area contributed by atoms with Gasteiger partial charge in [0, 0.05) is 17.4 Å². The van der Waals surface area contributed by atoms with Gasteiger partial charge < -0.3 is 14.9 Å². The van der Waals surface area contributed by atoms with Crippen molar-refractivity contribution in [2.45, 2.75) is 70.8 Å². The van der Waals surface area contributed by atoms with Crippen molar-refractivity contribution in [2.75, 3.05) is 0 Å². The van der Waals surface area contributed by atoms with Crippen LogP contribution in [-0.4, -0.2) is 21.8 Å². The summed E-state index contributed by atoms with van der Waals surface area (Å²) in [4.78, 5) is 11.8. The number of rotatable bonds is 5. The fourth-order valence-corrected chi connectivity index (χ4v) is 4.39. The Morgan fingerprint density at radius 2 is 2.12 bits per heavy atom. The number of carboxylic acids is 1. The molecule has 136 valence electrons. The maximum atomic E-state index is 11.8. The minimum atomic E-state index is -1.06. The van der Waals surface area contributed by atoms with Gasteiger partial charge in [-0.1, -0.05) is 31.9 Å². The average Bonchev–Trinajstić information content (AvgIpc) is 2.54. The number of carbonyl (C=O) groups is 1.